The van der Waals surface area contributed by atoms with Gasteiger partial charge in [0.1, 0.15) is 5.54 Å². The largest absolute Gasteiger partial charge is 0.401 e. The molecule has 0 aromatic carbocycles. The molecule has 0 aromatic rings. The first-order valence-corrected chi connectivity index (χ1v) is 5.39. The van der Waals surface area contributed by atoms with Gasteiger partial charge in [-0.25, -0.2) is 0 Å². The van der Waals surface area contributed by atoms with Crippen LogP contribution >= 0.6 is 0 Å². The van der Waals surface area contributed by atoms with E-state index in [1.165, 1.54) is 0 Å². The molecule has 2 atom stereocenters. The molecule has 2 N–H and O–H groups in total. The highest BCUT2D eigenvalue weighted by molar-refractivity contribution is 6.00. The summed E-state index contributed by atoms with van der Waals surface area (Å²) in [6.45, 7) is 6.49. The fourth-order valence-electron chi connectivity index (χ4n) is 2.72. The Morgan fingerprint density at radius 1 is 1.62 bits per heavy atom. The molecular formula is C11H17N3O2. The number of nitrogens with two attached hydrogens (primary N) is 1. The van der Waals surface area contributed by atoms with Crippen LogP contribution in [0.5, 0.6) is 0 Å². The number of hydrogen-bond donors (Lipinski definition) is 1. The summed E-state index contributed by atoms with van der Waals surface area (Å²) in [5.74, 6) is 0.131. The van der Waals surface area contributed by atoms with Crippen molar-refractivity contribution < 1.29 is 9.59 Å². The fraction of sp³-hybridized carbons (Fsp3) is 0.636. The second-order valence-corrected chi connectivity index (χ2v) is 4.80. The molecule has 2 aliphatic rings. The molecule has 2 fully saturated rings. The number of β-lactam (4-membered cyclic amide) rings is 1. The predicted molar refractivity (Wildman–Crippen MR) is 59.2 cm³/mol. The minimum absolute atomic E-state index is 0.0000463. The maximum absolute atomic E-state index is 12.1. The average Bonchev–Trinajstić information content (AvgIpc) is 2.41. The molecule has 16 heavy (non-hydrogen) atoms. The highest BCUT2D eigenvalue weighted by Gasteiger charge is 2.63. The van der Waals surface area contributed by atoms with Crippen LogP contribution in [-0.4, -0.2) is 47.3 Å². The molecule has 2 rings (SSSR count). The van der Waals surface area contributed by atoms with Crippen LogP contribution in [0.3, 0.4) is 0 Å². The Morgan fingerprint density at radius 3 is 2.62 bits per heavy atom. The predicted octanol–water partition coefficient (Wildman–Crippen LogP) is -0.462. The first kappa shape index (κ1) is 11.0. The molecule has 0 aliphatic carbocycles. The average molecular weight is 223 g/mol. The Bertz CT molecular complexity index is 379. The summed E-state index contributed by atoms with van der Waals surface area (Å²) < 4.78 is 0. The van der Waals surface area contributed by atoms with Gasteiger partial charge in [0.15, 0.2) is 0 Å². The Balaban J connectivity index is 2.16. The van der Waals surface area contributed by atoms with Gasteiger partial charge in [-0.3, -0.25) is 9.59 Å². The van der Waals surface area contributed by atoms with Crippen molar-refractivity contribution in [3.8, 4) is 0 Å². The molecule has 5 nitrogen and oxygen atoms in total. The minimum atomic E-state index is -0.605. The highest BCUT2D eigenvalue weighted by Crippen LogP contribution is 2.42. The normalized spacial score (nSPS) is 33.5. The summed E-state index contributed by atoms with van der Waals surface area (Å²) in [5.41, 5.74) is 5.35. The third kappa shape index (κ3) is 1.17. The lowest BCUT2D eigenvalue weighted by atomic mass is 9.78. The lowest BCUT2D eigenvalue weighted by molar-refractivity contribution is -0.166. The number of carbonyl (C=O) groups is 2. The van der Waals surface area contributed by atoms with Gasteiger partial charge in [0.05, 0.1) is 13.1 Å². The third-order valence-electron chi connectivity index (χ3n) is 3.75. The summed E-state index contributed by atoms with van der Waals surface area (Å²) >= 11 is 0. The van der Waals surface area contributed by atoms with Crippen LogP contribution in [0.15, 0.2) is 12.3 Å². The van der Waals surface area contributed by atoms with Crippen LogP contribution < -0.4 is 5.73 Å². The minimum Gasteiger partial charge on any atom is -0.401 e. The van der Waals surface area contributed by atoms with E-state index in [9.17, 15) is 9.59 Å². The first-order chi connectivity index (χ1) is 7.39. The number of nitrogens with zero attached hydrogens (tertiary/aromatic N) is 2. The smallest absolute Gasteiger partial charge is 0.251 e. The van der Waals surface area contributed by atoms with Gasteiger partial charge >= 0.3 is 0 Å². The van der Waals surface area contributed by atoms with Gasteiger partial charge in [-0.05, 0) is 5.92 Å². The highest BCUT2D eigenvalue weighted by atomic mass is 16.2. The summed E-state index contributed by atoms with van der Waals surface area (Å²) in [5, 5.41) is 0. The van der Waals surface area contributed by atoms with Gasteiger partial charge in [-0.2, -0.15) is 0 Å². The van der Waals surface area contributed by atoms with Gasteiger partial charge < -0.3 is 15.5 Å². The topological polar surface area (TPSA) is 66.6 Å². The second kappa shape index (κ2) is 3.23. The maximum atomic E-state index is 12.1. The van der Waals surface area contributed by atoms with Crippen LogP contribution in [0.1, 0.15) is 13.3 Å². The Labute approximate surface area is 94.9 Å². The van der Waals surface area contributed by atoms with E-state index in [-0.39, 0.29) is 17.7 Å². The molecule has 2 saturated heterocycles. The van der Waals surface area contributed by atoms with Crippen LogP contribution in [0.4, 0.5) is 0 Å². The van der Waals surface area contributed by atoms with Crippen molar-refractivity contribution in [2.45, 2.75) is 18.9 Å². The number of carbonyl (C=O) groups excluding carboxylic acids is 2. The molecule has 0 radical (unpaired) electrons. The Hall–Kier alpha value is -1.52. The van der Waals surface area contributed by atoms with Gasteiger partial charge in [0.2, 0.25) is 5.91 Å². The zero-order valence-corrected chi connectivity index (χ0v) is 9.69. The van der Waals surface area contributed by atoms with Crippen LogP contribution in [0.25, 0.3) is 0 Å². The van der Waals surface area contributed by atoms with E-state index in [0.717, 1.165) is 0 Å². The van der Waals surface area contributed by atoms with E-state index in [2.05, 4.69) is 6.58 Å². The molecule has 2 heterocycles. The molecule has 5 heteroatoms. The second-order valence-electron chi connectivity index (χ2n) is 4.80. The Morgan fingerprint density at radius 2 is 2.25 bits per heavy atom. The van der Waals surface area contributed by atoms with Crippen molar-refractivity contribution in [2.24, 2.45) is 11.7 Å². The number of likely N-dealkylation sites (tertiary alicyclic amines) is 2. The van der Waals surface area contributed by atoms with E-state index < -0.39 is 5.54 Å². The number of amides is 2. The van der Waals surface area contributed by atoms with Gasteiger partial charge in [-0.15, -0.1) is 0 Å². The first-order valence-electron chi connectivity index (χ1n) is 5.39. The van der Waals surface area contributed by atoms with Crippen molar-refractivity contribution in [3.05, 3.63) is 12.3 Å². The van der Waals surface area contributed by atoms with E-state index >= 15 is 0 Å². The van der Waals surface area contributed by atoms with Crippen molar-refractivity contribution in [1.82, 2.24) is 9.80 Å². The summed E-state index contributed by atoms with van der Waals surface area (Å²) in [7, 11) is 1.71. The van der Waals surface area contributed by atoms with Gasteiger partial charge in [0.25, 0.3) is 5.91 Å². The number of rotatable bonds is 2. The number of hydrogen-bond acceptors (Lipinski definition) is 3. The Kier molecular flexibility index (Phi) is 2.22. The molecule has 2 amide bonds. The molecule has 0 saturated carbocycles. The third-order valence-corrected chi connectivity index (χ3v) is 3.75. The quantitative estimate of drug-likeness (QED) is 0.644. The summed E-state index contributed by atoms with van der Waals surface area (Å²) in [6, 6.07) is 0. The van der Waals surface area contributed by atoms with E-state index in [1.54, 1.807) is 16.8 Å². The molecule has 1 spiro atoms. The van der Waals surface area contributed by atoms with Crippen LogP contribution in [-0.2, 0) is 9.59 Å². The molecule has 2 aliphatic heterocycles. The summed E-state index contributed by atoms with van der Waals surface area (Å²) in [6.07, 6.45) is 0.458. The maximum Gasteiger partial charge on any atom is 0.251 e. The monoisotopic (exact) mass is 223 g/mol. The van der Waals surface area contributed by atoms with Crippen LogP contribution in [0.2, 0.25) is 0 Å². The van der Waals surface area contributed by atoms with Gasteiger partial charge in [-0.1, -0.05) is 13.5 Å². The van der Waals surface area contributed by atoms with Crippen molar-refractivity contribution in [1.29, 1.82) is 0 Å². The standard InChI is InChI=1S/C11H17N3O2/c1-7-4-9(15)13(3)11(7)6-14(10(11)16)5-8(2)12/h7H,2,4-6,12H2,1,3H3. The lowest BCUT2D eigenvalue weighted by Crippen LogP contribution is -2.74. The van der Waals surface area contributed by atoms with Crippen molar-refractivity contribution in [3.63, 3.8) is 0 Å². The van der Waals surface area contributed by atoms with E-state index in [4.69, 9.17) is 5.73 Å². The van der Waals surface area contributed by atoms with Crippen LogP contribution in [0, 0.1) is 5.92 Å². The molecule has 88 valence electrons. The van der Waals surface area contributed by atoms with E-state index in [1.807, 2.05) is 6.92 Å². The molecular weight excluding hydrogens is 206 g/mol. The van der Waals surface area contributed by atoms with Gasteiger partial charge in [0, 0.05) is 19.2 Å². The SMILES string of the molecule is C=C(N)CN1CC2(C1=O)C(C)CC(=O)N2C. The molecule has 0 bridgehead atoms. The lowest BCUT2D eigenvalue weighted by Gasteiger charge is -2.52. The van der Waals surface area contributed by atoms with E-state index in [0.29, 0.717) is 25.2 Å². The zero-order valence-electron chi connectivity index (χ0n) is 9.69. The molecule has 2 unspecified atom stereocenters. The summed E-state index contributed by atoms with van der Waals surface area (Å²) in [4.78, 5) is 26.9. The fourth-order valence-corrected chi connectivity index (χ4v) is 2.72. The molecule has 0 aromatic heterocycles. The van der Waals surface area contributed by atoms with Crippen molar-refractivity contribution >= 4 is 11.8 Å². The zero-order chi connectivity index (χ0) is 12.1. The number of likely N-dealkylation sites (N-methyl/N-ethyl adjacent to an activating group) is 1. The van der Waals surface area contributed by atoms with Crippen molar-refractivity contribution in [2.75, 3.05) is 20.1 Å².